The summed E-state index contributed by atoms with van der Waals surface area (Å²) < 4.78 is 2.47. The van der Waals surface area contributed by atoms with E-state index in [1.54, 1.807) is 0 Å². The monoisotopic (exact) mass is 308 g/mol. The molecule has 0 spiro atoms. The third-order valence-corrected chi connectivity index (χ3v) is 3.24. The molecule has 1 atom stereocenters. The summed E-state index contributed by atoms with van der Waals surface area (Å²) in [5, 5.41) is 6.81. The van der Waals surface area contributed by atoms with Gasteiger partial charge in [0.1, 0.15) is 19.2 Å². The van der Waals surface area contributed by atoms with Gasteiger partial charge in [-0.1, -0.05) is 34.1 Å². The number of hydrogen-bond acceptors (Lipinski definition) is 3. The number of halogens is 1. The van der Waals surface area contributed by atoms with Gasteiger partial charge in [0.2, 0.25) is 5.91 Å². The Balaban J connectivity index is 1.97. The molecule has 5 nitrogen and oxygen atoms in total. The summed E-state index contributed by atoms with van der Waals surface area (Å²) >= 11 is 3.47. The summed E-state index contributed by atoms with van der Waals surface area (Å²) in [6.45, 7) is 2.12. The van der Waals surface area contributed by atoms with Crippen LogP contribution in [0, 0.1) is 0 Å². The first-order valence-corrected chi connectivity index (χ1v) is 6.32. The predicted octanol–water partition coefficient (Wildman–Crippen LogP) is 1.92. The summed E-state index contributed by atoms with van der Waals surface area (Å²) in [7, 11) is 0. The van der Waals surface area contributed by atoms with Gasteiger partial charge in [0, 0.05) is 4.47 Å². The topological polar surface area (TPSA) is 59.8 Å². The maximum Gasteiger partial charge on any atom is 0.242 e. The Labute approximate surface area is 113 Å². The van der Waals surface area contributed by atoms with Crippen LogP contribution in [-0.4, -0.2) is 20.7 Å². The molecule has 1 aromatic heterocycles. The average Bonchev–Trinajstić information content (AvgIpc) is 2.82. The number of carbonyl (C=O) groups excluding carboxylic acids is 1. The molecule has 2 rings (SSSR count). The Morgan fingerprint density at radius 2 is 2.28 bits per heavy atom. The van der Waals surface area contributed by atoms with Gasteiger partial charge in [-0.2, -0.15) is 5.10 Å². The third kappa shape index (κ3) is 3.16. The molecule has 18 heavy (non-hydrogen) atoms. The SMILES string of the molecule is CC(NC(=O)Cn1cncn1)c1ccccc1Br. The molecular weight excluding hydrogens is 296 g/mol. The summed E-state index contributed by atoms with van der Waals surface area (Å²) in [6, 6.07) is 7.76. The van der Waals surface area contributed by atoms with E-state index in [2.05, 4.69) is 31.3 Å². The summed E-state index contributed by atoms with van der Waals surface area (Å²) in [5.74, 6) is -0.0937. The number of aromatic nitrogens is 3. The minimum absolute atomic E-state index is 0.0587. The van der Waals surface area contributed by atoms with E-state index in [9.17, 15) is 4.79 Å². The van der Waals surface area contributed by atoms with Gasteiger partial charge in [-0.25, -0.2) is 9.67 Å². The first-order valence-electron chi connectivity index (χ1n) is 5.53. The Bertz CT molecular complexity index is 527. The van der Waals surface area contributed by atoms with Crippen LogP contribution in [0.25, 0.3) is 0 Å². The molecule has 0 radical (unpaired) electrons. The number of carbonyl (C=O) groups is 1. The molecule has 1 aromatic carbocycles. The summed E-state index contributed by atoms with van der Waals surface area (Å²) in [6.07, 6.45) is 2.92. The van der Waals surface area contributed by atoms with Crippen LogP contribution in [0.4, 0.5) is 0 Å². The molecule has 0 aliphatic rings. The maximum absolute atomic E-state index is 11.8. The molecule has 1 amide bonds. The van der Waals surface area contributed by atoms with Gasteiger partial charge < -0.3 is 5.32 Å². The highest BCUT2D eigenvalue weighted by molar-refractivity contribution is 9.10. The first kappa shape index (κ1) is 12.8. The van der Waals surface area contributed by atoms with Gasteiger partial charge in [0.25, 0.3) is 0 Å². The molecule has 0 aliphatic heterocycles. The Kier molecular flexibility index (Phi) is 4.09. The number of rotatable bonds is 4. The molecule has 0 bridgehead atoms. The summed E-state index contributed by atoms with van der Waals surface area (Å²) in [4.78, 5) is 15.6. The van der Waals surface area contributed by atoms with Gasteiger partial charge in [0.05, 0.1) is 6.04 Å². The van der Waals surface area contributed by atoms with Crippen molar-refractivity contribution < 1.29 is 4.79 Å². The molecule has 2 aromatic rings. The van der Waals surface area contributed by atoms with Crippen molar-refractivity contribution in [2.24, 2.45) is 0 Å². The van der Waals surface area contributed by atoms with E-state index in [-0.39, 0.29) is 18.5 Å². The molecule has 1 heterocycles. The Morgan fingerprint density at radius 1 is 1.50 bits per heavy atom. The number of hydrogen-bond donors (Lipinski definition) is 1. The molecule has 1 N–H and O–H groups in total. The van der Waals surface area contributed by atoms with E-state index in [1.807, 2.05) is 31.2 Å². The zero-order valence-electron chi connectivity index (χ0n) is 9.88. The molecule has 1 unspecified atom stereocenters. The van der Waals surface area contributed by atoms with E-state index >= 15 is 0 Å². The van der Waals surface area contributed by atoms with Gasteiger partial charge in [-0.15, -0.1) is 0 Å². The molecule has 0 fully saturated rings. The van der Waals surface area contributed by atoms with Crippen LogP contribution in [0.5, 0.6) is 0 Å². The van der Waals surface area contributed by atoms with Crippen LogP contribution in [0.1, 0.15) is 18.5 Å². The van der Waals surface area contributed by atoms with Crippen LogP contribution in [0.15, 0.2) is 41.4 Å². The molecule has 0 saturated carbocycles. The van der Waals surface area contributed by atoms with Crippen molar-refractivity contribution in [3.05, 3.63) is 47.0 Å². The molecule has 0 aliphatic carbocycles. The van der Waals surface area contributed by atoms with Gasteiger partial charge in [0.15, 0.2) is 0 Å². The smallest absolute Gasteiger partial charge is 0.242 e. The van der Waals surface area contributed by atoms with Crippen molar-refractivity contribution in [3.8, 4) is 0 Å². The van der Waals surface area contributed by atoms with Crippen LogP contribution in [0.3, 0.4) is 0 Å². The molecular formula is C12H13BrN4O. The predicted molar refractivity (Wildman–Crippen MR) is 70.7 cm³/mol. The number of amides is 1. The standard InChI is InChI=1S/C12H13BrN4O/c1-9(10-4-2-3-5-11(10)13)16-12(18)6-17-8-14-7-15-17/h2-5,7-9H,6H2,1H3,(H,16,18). The van der Waals surface area contributed by atoms with Crippen LogP contribution in [-0.2, 0) is 11.3 Å². The largest absolute Gasteiger partial charge is 0.348 e. The number of nitrogens with zero attached hydrogens (tertiary/aromatic N) is 3. The van der Waals surface area contributed by atoms with Gasteiger partial charge in [-0.05, 0) is 18.6 Å². The van der Waals surface area contributed by atoms with E-state index in [1.165, 1.54) is 17.3 Å². The van der Waals surface area contributed by atoms with Gasteiger partial charge in [-0.3, -0.25) is 4.79 Å². The van der Waals surface area contributed by atoms with Crippen molar-refractivity contribution in [2.75, 3.05) is 0 Å². The highest BCUT2D eigenvalue weighted by Crippen LogP contribution is 2.22. The van der Waals surface area contributed by atoms with E-state index in [0.717, 1.165) is 10.0 Å². The fourth-order valence-corrected chi connectivity index (χ4v) is 2.28. The molecule has 94 valence electrons. The normalized spacial score (nSPS) is 12.1. The van der Waals surface area contributed by atoms with E-state index in [0.29, 0.717) is 0 Å². The second kappa shape index (κ2) is 5.77. The maximum atomic E-state index is 11.8. The number of benzene rings is 1. The lowest BCUT2D eigenvalue weighted by Crippen LogP contribution is -2.30. The zero-order valence-corrected chi connectivity index (χ0v) is 11.5. The Hall–Kier alpha value is -1.69. The van der Waals surface area contributed by atoms with E-state index in [4.69, 9.17) is 0 Å². The van der Waals surface area contributed by atoms with Crippen LogP contribution in [0.2, 0.25) is 0 Å². The lowest BCUT2D eigenvalue weighted by molar-refractivity contribution is -0.122. The highest BCUT2D eigenvalue weighted by atomic mass is 79.9. The molecule has 0 saturated heterocycles. The Morgan fingerprint density at radius 3 is 2.94 bits per heavy atom. The fraction of sp³-hybridized carbons (Fsp3) is 0.250. The van der Waals surface area contributed by atoms with E-state index < -0.39 is 0 Å². The van der Waals surface area contributed by atoms with Crippen LogP contribution >= 0.6 is 15.9 Å². The fourth-order valence-electron chi connectivity index (χ4n) is 1.65. The average molecular weight is 309 g/mol. The minimum Gasteiger partial charge on any atom is -0.348 e. The quantitative estimate of drug-likeness (QED) is 0.938. The lowest BCUT2D eigenvalue weighted by Gasteiger charge is -2.15. The lowest BCUT2D eigenvalue weighted by atomic mass is 10.1. The zero-order chi connectivity index (χ0) is 13.0. The highest BCUT2D eigenvalue weighted by Gasteiger charge is 2.12. The number of nitrogens with one attached hydrogen (secondary N) is 1. The van der Waals surface area contributed by atoms with Crippen molar-refractivity contribution in [1.82, 2.24) is 20.1 Å². The van der Waals surface area contributed by atoms with Crippen molar-refractivity contribution in [1.29, 1.82) is 0 Å². The first-order chi connectivity index (χ1) is 8.66. The van der Waals surface area contributed by atoms with Crippen LogP contribution < -0.4 is 5.32 Å². The minimum atomic E-state index is -0.0937. The van der Waals surface area contributed by atoms with Gasteiger partial charge >= 0.3 is 0 Å². The second-order valence-electron chi connectivity index (χ2n) is 3.90. The molecule has 6 heteroatoms. The second-order valence-corrected chi connectivity index (χ2v) is 4.76. The summed E-state index contributed by atoms with van der Waals surface area (Å²) in [5.41, 5.74) is 1.05. The third-order valence-electron chi connectivity index (χ3n) is 2.52. The van der Waals surface area contributed by atoms with Crippen molar-refractivity contribution in [3.63, 3.8) is 0 Å². The van der Waals surface area contributed by atoms with Crippen molar-refractivity contribution in [2.45, 2.75) is 19.5 Å². The van der Waals surface area contributed by atoms with Crippen molar-refractivity contribution >= 4 is 21.8 Å².